The van der Waals surface area contributed by atoms with E-state index in [-0.39, 0.29) is 0 Å². The van der Waals surface area contributed by atoms with Crippen molar-refractivity contribution in [2.45, 2.75) is 6.54 Å². The molecule has 0 atom stereocenters. The SMILES string of the molecule is C1=NCc2cc3nc4ccccc4c-3cn21. The van der Waals surface area contributed by atoms with Crippen LogP contribution in [0.5, 0.6) is 0 Å². The molecule has 1 aromatic rings. The summed E-state index contributed by atoms with van der Waals surface area (Å²) in [5.74, 6) is 0. The number of rotatable bonds is 0. The lowest BCUT2D eigenvalue weighted by Crippen LogP contribution is -1.98. The van der Waals surface area contributed by atoms with E-state index in [1.54, 1.807) is 0 Å². The highest BCUT2D eigenvalue weighted by molar-refractivity contribution is 5.97. The maximum absolute atomic E-state index is 4.62. The molecule has 3 aliphatic rings. The van der Waals surface area contributed by atoms with Crippen molar-refractivity contribution in [3.05, 3.63) is 42.2 Å². The molecular weight excluding hydrogens is 198 g/mol. The van der Waals surface area contributed by atoms with Crippen LogP contribution in [-0.4, -0.2) is 15.9 Å². The summed E-state index contributed by atoms with van der Waals surface area (Å²) in [6, 6.07) is 10.4. The Morgan fingerprint density at radius 2 is 2.12 bits per heavy atom. The molecule has 16 heavy (non-hydrogen) atoms. The van der Waals surface area contributed by atoms with Crippen LogP contribution in [0.3, 0.4) is 0 Å². The zero-order chi connectivity index (χ0) is 10.5. The van der Waals surface area contributed by atoms with Gasteiger partial charge in [-0.05, 0) is 12.1 Å². The van der Waals surface area contributed by atoms with E-state index in [1.165, 1.54) is 16.6 Å². The smallest absolute Gasteiger partial charge is 0.0938 e. The number of pyridine rings is 1. The maximum atomic E-state index is 4.62. The quantitative estimate of drug-likeness (QED) is 0.557. The number of aromatic nitrogens is 2. The Morgan fingerprint density at radius 3 is 3.12 bits per heavy atom. The van der Waals surface area contributed by atoms with E-state index >= 15 is 0 Å². The van der Waals surface area contributed by atoms with E-state index in [2.05, 4.69) is 45.0 Å². The van der Waals surface area contributed by atoms with Crippen molar-refractivity contribution < 1.29 is 0 Å². The van der Waals surface area contributed by atoms with Gasteiger partial charge in [0.25, 0.3) is 0 Å². The standard InChI is InChI=1S/C13H9N3/c1-2-4-12-10(3-1)11-7-16-8-14-6-9(16)5-13(11)15-12/h1-5,7-8H,6H2. The number of nitrogens with zero attached hydrogens (tertiary/aromatic N) is 3. The van der Waals surface area contributed by atoms with E-state index in [4.69, 9.17) is 0 Å². The first-order chi connectivity index (χ1) is 7.92. The zero-order valence-electron chi connectivity index (χ0n) is 8.59. The molecule has 1 aromatic carbocycles. The Morgan fingerprint density at radius 1 is 1.19 bits per heavy atom. The van der Waals surface area contributed by atoms with Crippen LogP contribution in [0.4, 0.5) is 0 Å². The highest BCUT2D eigenvalue weighted by Crippen LogP contribution is 2.31. The summed E-state index contributed by atoms with van der Waals surface area (Å²) >= 11 is 0. The van der Waals surface area contributed by atoms with Crippen molar-refractivity contribution in [2.75, 3.05) is 0 Å². The van der Waals surface area contributed by atoms with Crippen molar-refractivity contribution >= 4 is 17.2 Å². The van der Waals surface area contributed by atoms with Gasteiger partial charge in [-0.1, -0.05) is 18.2 Å². The van der Waals surface area contributed by atoms with Crippen molar-refractivity contribution in [3.8, 4) is 11.3 Å². The van der Waals surface area contributed by atoms with Crippen LogP contribution in [0.2, 0.25) is 0 Å². The molecule has 4 rings (SSSR count). The molecule has 0 radical (unpaired) electrons. The second-order valence-corrected chi connectivity index (χ2v) is 4.06. The van der Waals surface area contributed by atoms with Crippen LogP contribution in [0.15, 0.2) is 41.5 Å². The van der Waals surface area contributed by atoms with Gasteiger partial charge in [0.1, 0.15) is 0 Å². The fraction of sp³-hybridized carbons (Fsp3) is 0.0769. The summed E-state index contributed by atoms with van der Waals surface area (Å²) in [6.45, 7) is 0.763. The zero-order valence-corrected chi connectivity index (χ0v) is 8.59. The molecule has 0 aliphatic carbocycles. The minimum Gasteiger partial charge on any atom is -0.309 e. The molecule has 0 saturated heterocycles. The van der Waals surface area contributed by atoms with Gasteiger partial charge in [-0.2, -0.15) is 0 Å². The van der Waals surface area contributed by atoms with Crippen molar-refractivity contribution in [1.82, 2.24) is 9.55 Å². The van der Waals surface area contributed by atoms with Gasteiger partial charge >= 0.3 is 0 Å². The van der Waals surface area contributed by atoms with Crippen LogP contribution in [-0.2, 0) is 6.54 Å². The second kappa shape index (κ2) is 2.70. The Bertz CT molecular complexity index is 694. The van der Waals surface area contributed by atoms with Gasteiger partial charge < -0.3 is 4.57 Å². The van der Waals surface area contributed by atoms with Crippen LogP contribution >= 0.6 is 0 Å². The van der Waals surface area contributed by atoms with Gasteiger partial charge in [0.15, 0.2) is 0 Å². The minimum atomic E-state index is 0.763. The Labute approximate surface area is 92.4 Å². The number of hydrogen-bond donors (Lipinski definition) is 0. The Kier molecular flexibility index (Phi) is 1.36. The van der Waals surface area contributed by atoms with E-state index < -0.39 is 0 Å². The largest absolute Gasteiger partial charge is 0.309 e. The van der Waals surface area contributed by atoms with Gasteiger partial charge in [0.05, 0.1) is 24.1 Å². The summed E-state index contributed by atoms with van der Waals surface area (Å²) in [4.78, 5) is 8.87. The number of fused-ring (bicyclic) bond motifs is 4. The average Bonchev–Trinajstić information content (AvgIpc) is 2.88. The predicted octanol–water partition coefficient (Wildman–Crippen LogP) is 2.53. The first-order valence-electron chi connectivity index (χ1n) is 5.31. The van der Waals surface area contributed by atoms with Crippen LogP contribution in [0.25, 0.3) is 22.2 Å². The fourth-order valence-corrected chi connectivity index (χ4v) is 2.28. The average molecular weight is 207 g/mol. The monoisotopic (exact) mass is 207 g/mol. The van der Waals surface area contributed by atoms with E-state index in [0.29, 0.717) is 0 Å². The second-order valence-electron chi connectivity index (χ2n) is 4.06. The summed E-state index contributed by atoms with van der Waals surface area (Å²) in [5, 5.41) is 1.22. The van der Waals surface area contributed by atoms with Gasteiger partial charge in [-0.3, -0.25) is 4.99 Å². The summed E-state index contributed by atoms with van der Waals surface area (Å²) < 4.78 is 2.08. The van der Waals surface area contributed by atoms with Crippen molar-refractivity contribution in [2.24, 2.45) is 4.99 Å². The lowest BCUT2D eigenvalue weighted by molar-refractivity contribution is 1.01. The highest BCUT2D eigenvalue weighted by atomic mass is 15.1. The molecule has 0 unspecified atom stereocenters. The van der Waals surface area contributed by atoms with Crippen LogP contribution in [0.1, 0.15) is 5.69 Å². The molecule has 3 nitrogen and oxygen atoms in total. The van der Waals surface area contributed by atoms with Crippen LogP contribution in [0, 0.1) is 0 Å². The third kappa shape index (κ3) is 0.922. The fourth-order valence-electron chi connectivity index (χ4n) is 2.28. The van der Waals surface area contributed by atoms with E-state index in [1.807, 2.05) is 12.4 Å². The number of benzene rings is 1. The highest BCUT2D eigenvalue weighted by Gasteiger charge is 2.15. The lowest BCUT2D eigenvalue weighted by Gasteiger charge is -2.04. The van der Waals surface area contributed by atoms with E-state index in [9.17, 15) is 0 Å². The van der Waals surface area contributed by atoms with Crippen molar-refractivity contribution in [1.29, 1.82) is 0 Å². The normalized spacial score (nSPS) is 13.8. The van der Waals surface area contributed by atoms with Gasteiger partial charge in [0.2, 0.25) is 0 Å². The Hall–Kier alpha value is -2.16. The first-order valence-corrected chi connectivity index (χ1v) is 5.31. The molecule has 0 aromatic heterocycles. The molecule has 3 aliphatic heterocycles. The summed E-state index contributed by atoms with van der Waals surface area (Å²) in [6.07, 6.45) is 3.99. The van der Waals surface area contributed by atoms with Crippen molar-refractivity contribution in [3.63, 3.8) is 0 Å². The molecule has 76 valence electrons. The lowest BCUT2D eigenvalue weighted by atomic mass is 10.1. The Balaban J connectivity index is 2.18. The summed E-state index contributed by atoms with van der Waals surface area (Å²) in [5.41, 5.74) is 4.54. The van der Waals surface area contributed by atoms with Crippen LogP contribution < -0.4 is 0 Å². The topological polar surface area (TPSA) is 30.2 Å². The van der Waals surface area contributed by atoms with Gasteiger partial charge in [-0.15, -0.1) is 0 Å². The number of hydrogen-bond acceptors (Lipinski definition) is 2. The predicted molar refractivity (Wildman–Crippen MR) is 63.9 cm³/mol. The first kappa shape index (κ1) is 8.05. The number of para-hydroxylation sites is 1. The van der Waals surface area contributed by atoms with Gasteiger partial charge in [0, 0.05) is 22.8 Å². The molecule has 0 bridgehead atoms. The molecule has 0 spiro atoms. The third-order valence-corrected chi connectivity index (χ3v) is 3.07. The molecule has 0 amide bonds. The molecule has 0 N–H and O–H groups in total. The molecule has 0 saturated carbocycles. The molecule has 3 heteroatoms. The van der Waals surface area contributed by atoms with E-state index in [0.717, 1.165) is 17.8 Å². The third-order valence-electron chi connectivity index (χ3n) is 3.07. The minimum absolute atomic E-state index is 0.763. The van der Waals surface area contributed by atoms with Gasteiger partial charge in [-0.25, -0.2) is 4.98 Å². The summed E-state index contributed by atoms with van der Waals surface area (Å²) in [7, 11) is 0. The number of aliphatic imine (C=N–C) groups is 1. The molecule has 0 fully saturated rings. The molecule has 3 heterocycles. The molecular formula is C13H9N3. The maximum Gasteiger partial charge on any atom is 0.0938 e.